The summed E-state index contributed by atoms with van der Waals surface area (Å²) in [7, 11) is 0. The minimum atomic E-state index is -0.953. The van der Waals surface area contributed by atoms with Gasteiger partial charge in [0.25, 0.3) is 0 Å². The van der Waals surface area contributed by atoms with E-state index < -0.39 is 12.0 Å². The second-order valence-electron chi connectivity index (χ2n) is 4.19. The Hall–Kier alpha value is -1.10. The van der Waals surface area contributed by atoms with Gasteiger partial charge in [-0.1, -0.05) is 19.8 Å². The average molecular weight is 228 g/mol. The van der Waals surface area contributed by atoms with E-state index in [2.05, 4.69) is 10.6 Å². The van der Waals surface area contributed by atoms with E-state index in [1.165, 1.54) is 0 Å². The Morgan fingerprint density at radius 2 is 2.25 bits per heavy atom. The number of hydrogen-bond acceptors (Lipinski definition) is 3. The summed E-state index contributed by atoms with van der Waals surface area (Å²) >= 11 is 0. The fourth-order valence-corrected chi connectivity index (χ4v) is 1.89. The molecular weight excluding hydrogens is 208 g/mol. The highest BCUT2D eigenvalue weighted by Gasteiger charge is 2.25. The summed E-state index contributed by atoms with van der Waals surface area (Å²) in [6.07, 6.45) is 4.13. The van der Waals surface area contributed by atoms with Gasteiger partial charge >= 0.3 is 5.97 Å². The lowest BCUT2D eigenvalue weighted by molar-refractivity contribution is -0.142. The lowest BCUT2D eigenvalue weighted by atomic mass is 10.0. The number of carbonyl (C=O) groups is 2. The van der Waals surface area contributed by atoms with Crippen LogP contribution in [0, 0.1) is 0 Å². The summed E-state index contributed by atoms with van der Waals surface area (Å²) in [5.41, 5.74) is 0. The van der Waals surface area contributed by atoms with Crippen LogP contribution in [-0.4, -0.2) is 35.6 Å². The monoisotopic (exact) mass is 228 g/mol. The van der Waals surface area contributed by atoms with E-state index in [-0.39, 0.29) is 11.9 Å². The molecule has 1 rings (SSSR count). The van der Waals surface area contributed by atoms with Crippen LogP contribution in [0.4, 0.5) is 0 Å². The van der Waals surface area contributed by atoms with Crippen molar-refractivity contribution in [1.82, 2.24) is 10.6 Å². The second kappa shape index (κ2) is 6.48. The first-order valence-electron chi connectivity index (χ1n) is 5.91. The van der Waals surface area contributed by atoms with Gasteiger partial charge in [-0.3, -0.25) is 4.79 Å². The highest BCUT2D eigenvalue weighted by Crippen LogP contribution is 2.07. The Balaban J connectivity index is 2.43. The van der Waals surface area contributed by atoms with Crippen LogP contribution in [0.3, 0.4) is 0 Å². The molecule has 0 aliphatic carbocycles. The van der Waals surface area contributed by atoms with Crippen molar-refractivity contribution >= 4 is 11.9 Å². The molecule has 0 aromatic carbocycles. The molecule has 1 saturated heterocycles. The lowest BCUT2D eigenvalue weighted by Crippen LogP contribution is -2.51. The van der Waals surface area contributed by atoms with E-state index in [9.17, 15) is 9.59 Å². The van der Waals surface area contributed by atoms with Gasteiger partial charge in [0.2, 0.25) is 5.91 Å². The van der Waals surface area contributed by atoms with E-state index in [1.54, 1.807) is 0 Å². The highest BCUT2D eigenvalue weighted by atomic mass is 16.4. The summed E-state index contributed by atoms with van der Waals surface area (Å²) in [5, 5.41) is 14.6. The van der Waals surface area contributed by atoms with Crippen LogP contribution in [0.5, 0.6) is 0 Å². The molecule has 1 aliphatic rings. The number of carboxylic acid groups (broad SMARTS) is 1. The lowest BCUT2D eigenvalue weighted by Gasteiger charge is -2.24. The van der Waals surface area contributed by atoms with E-state index in [4.69, 9.17) is 5.11 Å². The predicted molar refractivity (Wildman–Crippen MR) is 60.1 cm³/mol. The number of piperidine rings is 1. The van der Waals surface area contributed by atoms with E-state index in [1.807, 2.05) is 6.92 Å². The number of amides is 1. The molecule has 0 aromatic heterocycles. The van der Waals surface area contributed by atoms with E-state index >= 15 is 0 Å². The number of carbonyl (C=O) groups excluding carboxylic acids is 1. The molecule has 0 aromatic rings. The number of aliphatic carboxylic acids is 1. The smallest absolute Gasteiger partial charge is 0.326 e. The maximum absolute atomic E-state index is 11.8. The number of rotatable bonds is 5. The zero-order valence-corrected chi connectivity index (χ0v) is 9.66. The third-order valence-corrected chi connectivity index (χ3v) is 2.82. The molecular formula is C11H20N2O3. The predicted octanol–water partition coefficient (Wildman–Crippen LogP) is 0.498. The number of hydrogen-bond donors (Lipinski definition) is 3. The Bertz CT molecular complexity index is 250. The van der Waals surface area contributed by atoms with Crippen LogP contribution in [0.25, 0.3) is 0 Å². The van der Waals surface area contributed by atoms with Crippen LogP contribution in [0.1, 0.15) is 39.0 Å². The van der Waals surface area contributed by atoms with Crippen LogP contribution in [0.2, 0.25) is 0 Å². The quantitative estimate of drug-likeness (QED) is 0.640. The Morgan fingerprint density at radius 1 is 1.50 bits per heavy atom. The molecule has 1 aliphatic heterocycles. The van der Waals surface area contributed by atoms with Crippen LogP contribution in [-0.2, 0) is 9.59 Å². The van der Waals surface area contributed by atoms with Gasteiger partial charge in [-0.2, -0.15) is 0 Å². The van der Waals surface area contributed by atoms with Crippen LogP contribution in [0.15, 0.2) is 0 Å². The van der Waals surface area contributed by atoms with E-state index in [0.717, 1.165) is 32.2 Å². The van der Waals surface area contributed by atoms with Gasteiger partial charge in [0, 0.05) is 0 Å². The summed E-state index contributed by atoms with van der Waals surface area (Å²) in [5.74, 6) is -1.13. The minimum Gasteiger partial charge on any atom is -0.480 e. The fourth-order valence-electron chi connectivity index (χ4n) is 1.89. The van der Waals surface area contributed by atoms with Gasteiger partial charge in [-0.05, 0) is 25.8 Å². The van der Waals surface area contributed by atoms with Crippen molar-refractivity contribution in [3.05, 3.63) is 0 Å². The summed E-state index contributed by atoms with van der Waals surface area (Å²) in [6.45, 7) is 2.74. The van der Waals surface area contributed by atoms with Crippen molar-refractivity contribution in [2.75, 3.05) is 6.54 Å². The van der Waals surface area contributed by atoms with Gasteiger partial charge in [-0.25, -0.2) is 4.79 Å². The van der Waals surface area contributed by atoms with Gasteiger partial charge in [0.05, 0.1) is 6.04 Å². The van der Waals surface area contributed by atoms with Crippen LogP contribution < -0.4 is 10.6 Å². The minimum absolute atomic E-state index is 0.180. The molecule has 92 valence electrons. The summed E-state index contributed by atoms with van der Waals surface area (Å²) in [4.78, 5) is 22.6. The maximum atomic E-state index is 11.8. The highest BCUT2D eigenvalue weighted by molar-refractivity contribution is 5.86. The second-order valence-corrected chi connectivity index (χ2v) is 4.19. The third-order valence-electron chi connectivity index (χ3n) is 2.82. The SMILES string of the molecule is CCC[C@H](NC(=O)[C@@H]1CCCCN1)C(=O)O. The molecule has 1 heterocycles. The largest absolute Gasteiger partial charge is 0.480 e. The standard InChI is InChI=1S/C11H20N2O3/c1-2-5-9(11(15)16)13-10(14)8-6-3-4-7-12-8/h8-9,12H,2-7H2,1H3,(H,13,14)(H,15,16)/t8-,9-/m0/s1. The number of carboxylic acids is 1. The summed E-state index contributed by atoms with van der Waals surface area (Å²) in [6, 6.07) is -0.964. The molecule has 0 spiro atoms. The first-order valence-corrected chi connectivity index (χ1v) is 5.91. The van der Waals surface area contributed by atoms with Crippen molar-refractivity contribution in [3.8, 4) is 0 Å². The number of nitrogens with one attached hydrogen (secondary N) is 2. The average Bonchev–Trinajstić information content (AvgIpc) is 2.29. The maximum Gasteiger partial charge on any atom is 0.326 e. The first-order chi connectivity index (χ1) is 7.65. The van der Waals surface area contributed by atoms with Crippen molar-refractivity contribution in [3.63, 3.8) is 0 Å². The molecule has 0 saturated carbocycles. The van der Waals surface area contributed by atoms with Gasteiger partial charge in [0.1, 0.15) is 6.04 Å². The van der Waals surface area contributed by atoms with Gasteiger partial charge in [-0.15, -0.1) is 0 Å². The fraction of sp³-hybridized carbons (Fsp3) is 0.818. The Morgan fingerprint density at radius 3 is 2.75 bits per heavy atom. The molecule has 0 unspecified atom stereocenters. The normalized spacial score (nSPS) is 22.4. The van der Waals surface area contributed by atoms with Crippen molar-refractivity contribution in [2.24, 2.45) is 0 Å². The molecule has 5 heteroatoms. The molecule has 16 heavy (non-hydrogen) atoms. The molecule has 0 radical (unpaired) electrons. The Kier molecular flexibility index (Phi) is 5.25. The van der Waals surface area contributed by atoms with Crippen molar-refractivity contribution < 1.29 is 14.7 Å². The Labute approximate surface area is 95.6 Å². The van der Waals surface area contributed by atoms with Gasteiger partial charge < -0.3 is 15.7 Å². The molecule has 5 nitrogen and oxygen atoms in total. The topological polar surface area (TPSA) is 78.4 Å². The zero-order chi connectivity index (χ0) is 12.0. The molecule has 0 bridgehead atoms. The third kappa shape index (κ3) is 3.81. The van der Waals surface area contributed by atoms with Crippen molar-refractivity contribution in [2.45, 2.75) is 51.1 Å². The molecule has 1 amide bonds. The first kappa shape index (κ1) is 13.0. The zero-order valence-electron chi connectivity index (χ0n) is 9.66. The molecule has 3 N–H and O–H groups in total. The summed E-state index contributed by atoms with van der Waals surface area (Å²) < 4.78 is 0. The van der Waals surface area contributed by atoms with E-state index in [0.29, 0.717) is 6.42 Å². The molecule has 2 atom stereocenters. The van der Waals surface area contributed by atoms with Crippen LogP contribution >= 0.6 is 0 Å². The van der Waals surface area contributed by atoms with Crippen molar-refractivity contribution in [1.29, 1.82) is 0 Å². The molecule has 1 fully saturated rings. The van der Waals surface area contributed by atoms with Gasteiger partial charge in [0.15, 0.2) is 0 Å².